The van der Waals surface area contributed by atoms with Crippen LogP contribution < -0.4 is 5.32 Å². The fraction of sp³-hybridized carbons (Fsp3) is 0.788. The molecule has 4 heteroatoms. The van der Waals surface area contributed by atoms with E-state index in [1.54, 1.807) is 0 Å². The van der Waals surface area contributed by atoms with Crippen LogP contribution in [-0.4, -0.2) is 28.8 Å². The molecule has 2 saturated carbocycles. The van der Waals surface area contributed by atoms with Gasteiger partial charge >= 0.3 is 0 Å². The molecule has 3 aliphatic rings. The van der Waals surface area contributed by atoms with Crippen molar-refractivity contribution < 1.29 is 15.0 Å². The van der Waals surface area contributed by atoms with E-state index in [-0.39, 0.29) is 17.4 Å². The predicted molar refractivity (Wildman–Crippen MR) is 152 cm³/mol. The van der Waals surface area contributed by atoms with Crippen molar-refractivity contribution in [1.82, 2.24) is 5.32 Å². The second-order valence-corrected chi connectivity index (χ2v) is 12.8. The Hall–Kier alpha value is -1.55. The lowest BCUT2D eigenvalue weighted by atomic mass is 9.52. The Morgan fingerprint density at radius 2 is 1.73 bits per heavy atom. The maximum absolute atomic E-state index is 11.8. The number of aliphatic hydroxyl groups excluding tert-OH is 1. The van der Waals surface area contributed by atoms with Gasteiger partial charge in [-0.05, 0) is 104 Å². The van der Waals surface area contributed by atoms with Crippen molar-refractivity contribution in [1.29, 1.82) is 0 Å². The van der Waals surface area contributed by atoms with Crippen molar-refractivity contribution in [3.63, 3.8) is 0 Å². The maximum Gasteiger partial charge on any atom is 0.219 e. The van der Waals surface area contributed by atoms with Crippen LogP contribution in [0.25, 0.3) is 0 Å². The number of benzene rings is 1. The van der Waals surface area contributed by atoms with Gasteiger partial charge in [0.25, 0.3) is 0 Å². The van der Waals surface area contributed by atoms with Crippen LogP contribution in [-0.2, 0) is 11.2 Å². The largest absolute Gasteiger partial charge is 0.508 e. The molecule has 1 amide bonds. The van der Waals surface area contributed by atoms with Crippen molar-refractivity contribution >= 4 is 5.91 Å². The van der Waals surface area contributed by atoms with Gasteiger partial charge in [-0.25, -0.2) is 0 Å². The second kappa shape index (κ2) is 13.5. The van der Waals surface area contributed by atoms with Crippen LogP contribution in [0.2, 0.25) is 0 Å². The molecule has 1 aromatic rings. The number of aliphatic hydroxyl groups is 1. The van der Waals surface area contributed by atoms with Gasteiger partial charge in [-0.1, -0.05) is 71.3 Å². The van der Waals surface area contributed by atoms with Gasteiger partial charge in [-0.3, -0.25) is 4.79 Å². The van der Waals surface area contributed by atoms with Crippen LogP contribution in [0.1, 0.15) is 134 Å². The normalized spacial score (nSPS) is 30.4. The molecule has 3 unspecified atom stereocenters. The average Bonchev–Trinajstić information content (AvgIpc) is 3.19. The summed E-state index contributed by atoms with van der Waals surface area (Å²) in [5, 5.41) is 24.0. The Bertz CT molecular complexity index is 869. The third-order valence-electron chi connectivity index (χ3n) is 10.4. The highest BCUT2D eigenvalue weighted by Crippen LogP contribution is 2.62. The summed E-state index contributed by atoms with van der Waals surface area (Å²) in [5.41, 5.74) is 2.97. The molecule has 37 heavy (non-hydrogen) atoms. The molecule has 0 radical (unpaired) electrons. The van der Waals surface area contributed by atoms with E-state index < -0.39 is 0 Å². The summed E-state index contributed by atoms with van der Waals surface area (Å²) in [6, 6.07) is 6.12. The zero-order valence-electron chi connectivity index (χ0n) is 23.6. The Kier molecular flexibility index (Phi) is 10.4. The first-order valence-electron chi connectivity index (χ1n) is 15.7. The quantitative estimate of drug-likeness (QED) is 0.225. The van der Waals surface area contributed by atoms with Gasteiger partial charge < -0.3 is 15.5 Å². The summed E-state index contributed by atoms with van der Waals surface area (Å²) < 4.78 is 0. The van der Waals surface area contributed by atoms with Crippen LogP contribution in [0.4, 0.5) is 0 Å². The van der Waals surface area contributed by atoms with Gasteiger partial charge in [0, 0.05) is 13.0 Å². The zero-order chi connectivity index (χ0) is 26.3. The molecule has 0 aliphatic heterocycles. The van der Waals surface area contributed by atoms with Gasteiger partial charge in [0.1, 0.15) is 5.75 Å². The number of hydrogen-bond donors (Lipinski definition) is 3. The number of aromatic hydroxyl groups is 1. The van der Waals surface area contributed by atoms with Crippen LogP contribution in [0, 0.1) is 23.2 Å². The number of carbonyl (C=O) groups is 1. The molecule has 0 aromatic heterocycles. The first-order chi connectivity index (χ1) is 17.9. The Balaban J connectivity index is 1.19. The van der Waals surface area contributed by atoms with Crippen molar-refractivity contribution in [3.05, 3.63) is 29.3 Å². The standard InChI is InChI=1S/C33H53NO3/c1-3-4-21-34-31(37)14-12-10-8-6-5-7-9-11-13-24-22-25-23-26(35)15-16-27(25)28-19-20-33(2)29(32(24)28)17-18-30(33)36/h15-16,23-24,28-30,32,35-36H,3-14,17-22H2,1-2H3,(H,34,37)/t24-,28?,29?,30+,32?,33+/m1/s1. The summed E-state index contributed by atoms with van der Waals surface area (Å²) in [4.78, 5) is 11.8. The fourth-order valence-corrected chi connectivity index (χ4v) is 8.28. The summed E-state index contributed by atoms with van der Waals surface area (Å²) in [6.07, 6.45) is 19.6. The summed E-state index contributed by atoms with van der Waals surface area (Å²) in [5.74, 6) is 3.24. The van der Waals surface area contributed by atoms with Gasteiger partial charge in [-0.2, -0.15) is 0 Å². The lowest BCUT2D eigenvalue weighted by Gasteiger charge is -2.53. The maximum atomic E-state index is 11.8. The molecule has 0 saturated heterocycles. The van der Waals surface area contributed by atoms with Crippen molar-refractivity contribution in [2.24, 2.45) is 23.2 Å². The number of carbonyl (C=O) groups excluding carboxylic acids is 1. The average molecular weight is 512 g/mol. The molecule has 0 heterocycles. The third-order valence-corrected chi connectivity index (χ3v) is 10.4. The second-order valence-electron chi connectivity index (χ2n) is 12.8. The highest BCUT2D eigenvalue weighted by Gasteiger charge is 2.56. The topological polar surface area (TPSA) is 69.6 Å². The van der Waals surface area contributed by atoms with E-state index in [1.807, 2.05) is 12.1 Å². The van der Waals surface area contributed by atoms with Crippen molar-refractivity contribution in [2.45, 2.75) is 135 Å². The number of unbranched alkanes of at least 4 members (excludes halogenated alkanes) is 8. The number of amides is 1. The summed E-state index contributed by atoms with van der Waals surface area (Å²) in [6.45, 7) is 5.35. The van der Waals surface area contributed by atoms with Gasteiger partial charge in [0.05, 0.1) is 6.10 Å². The molecular weight excluding hydrogens is 458 g/mol. The lowest BCUT2D eigenvalue weighted by Crippen LogP contribution is -2.47. The molecule has 4 nitrogen and oxygen atoms in total. The zero-order valence-corrected chi connectivity index (χ0v) is 23.6. The molecule has 0 spiro atoms. The van der Waals surface area contributed by atoms with Crippen LogP contribution in [0.5, 0.6) is 5.75 Å². The minimum absolute atomic E-state index is 0.101. The van der Waals surface area contributed by atoms with E-state index in [1.165, 1.54) is 75.3 Å². The minimum atomic E-state index is -0.129. The molecule has 0 bridgehead atoms. The number of rotatable bonds is 14. The van der Waals surface area contributed by atoms with Gasteiger partial charge in [0.15, 0.2) is 0 Å². The lowest BCUT2D eigenvalue weighted by molar-refractivity contribution is -0.121. The van der Waals surface area contributed by atoms with E-state index in [2.05, 4.69) is 25.2 Å². The van der Waals surface area contributed by atoms with E-state index in [0.717, 1.165) is 45.1 Å². The number of phenols is 1. The minimum Gasteiger partial charge on any atom is -0.508 e. The Morgan fingerprint density at radius 3 is 2.49 bits per heavy atom. The molecular formula is C33H53NO3. The van der Waals surface area contributed by atoms with E-state index >= 15 is 0 Å². The first kappa shape index (κ1) is 28.5. The van der Waals surface area contributed by atoms with Crippen molar-refractivity contribution in [2.75, 3.05) is 6.54 Å². The number of phenolic OH excluding ortho intramolecular Hbond substituents is 1. The number of hydrogen-bond acceptors (Lipinski definition) is 3. The van der Waals surface area contributed by atoms with Crippen molar-refractivity contribution in [3.8, 4) is 5.75 Å². The monoisotopic (exact) mass is 511 g/mol. The fourth-order valence-electron chi connectivity index (χ4n) is 8.28. The smallest absolute Gasteiger partial charge is 0.219 e. The molecule has 3 aliphatic carbocycles. The first-order valence-corrected chi connectivity index (χ1v) is 15.7. The molecule has 6 atom stereocenters. The van der Waals surface area contributed by atoms with Gasteiger partial charge in [0.2, 0.25) is 5.91 Å². The highest BCUT2D eigenvalue weighted by molar-refractivity contribution is 5.75. The number of nitrogens with one attached hydrogen (secondary N) is 1. The molecule has 2 fully saturated rings. The number of fused-ring (bicyclic) bond motifs is 5. The summed E-state index contributed by atoms with van der Waals surface area (Å²) in [7, 11) is 0. The molecule has 1 aromatic carbocycles. The van der Waals surface area contributed by atoms with Crippen LogP contribution >= 0.6 is 0 Å². The Morgan fingerprint density at radius 1 is 1.00 bits per heavy atom. The SMILES string of the molecule is CCCCNC(=O)CCCCCCCCCC[C@@H]1Cc2cc(O)ccc2C2CC[C@@]3(C)C(CC[C@@H]3O)C21. The van der Waals surface area contributed by atoms with E-state index in [9.17, 15) is 15.0 Å². The molecule has 4 rings (SSSR count). The predicted octanol–water partition coefficient (Wildman–Crippen LogP) is 7.65. The Labute approximate surface area is 226 Å². The summed E-state index contributed by atoms with van der Waals surface area (Å²) >= 11 is 0. The van der Waals surface area contributed by atoms with Crippen LogP contribution in [0.15, 0.2) is 18.2 Å². The van der Waals surface area contributed by atoms with E-state index in [0.29, 0.717) is 35.8 Å². The molecule has 3 N–H and O–H groups in total. The third kappa shape index (κ3) is 6.91. The molecule has 208 valence electrons. The highest BCUT2D eigenvalue weighted by atomic mass is 16.3. The van der Waals surface area contributed by atoms with Gasteiger partial charge in [-0.15, -0.1) is 0 Å². The van der Waals surface area contributed by atoms with E-state index in [4.69, 9.17) is 0 Å². The van der Waals surface area contributed by atoms with Crippen LogP contribution in [0.3, 0.4) is 0 Å².